The van der Waals surface area contributed by atoms with Gasteiger partial charge < -0.3 is 10.4 Å². The molecule has 1 aromatic heterocycles. The first-order chi connectivity index (χ1) is 7.15. The van der Waals surface area contributed by atoms with E-state index in [0.717, 1.165) is 12.8 Å². The van der Waals surface area contributed by atoms with E-state index < -0.39 is 0 Å². The topological polar surface area (TPSA) is 90.9 Å². The number of nitrogens with zero attached hydrogens (tertiary/aromatic N) is 2. The van der Waals surface area contributed by atoms with Crippen LogP contribution in [0.15, 0.2) is 0 Å². The number of aliphatic hydroxyl groups is 1. The van der Waals surface area contributed by atoms with Gasteiger partial charge in [-0.15, -0.1) is 5.10 Å². The SMILES string of the molecule is Cc1nc(C(=O)NCC2CC(O)C2)n[nH]1. The number of H-pyrrole nitrogens is 1. The Hall–Kier alpha value is -1.43. The van der Waals surface area contributed by atoms with Gasteiger partial charge >= 0.3 is 0 Å². The Bertz CT molecular complexity index is 357. The van der Waals surface area contributed by atoms with Crippen LogP contribution in [0.3, 0.4) is 0 Å². The molecule has 0 unspecified atom stereocenters. The van der Waals surface area contributed by atoms with Crippen LogP contribution in [0.4, 0.5) is 0 Å². The molecule has 1 aromatic rings. The number of aromatic amines is 1. The summed E-state index contributed by atoms with van der Waals surface area (Å²) in [5, 5.41) is 18.2. The van der Waals surface area contributed by atoms with Crippen LogP contribution in [0, 0.1) is 12.8 Å². The van der Waals surface area contributed by atoms with Crippen molar-refractivity contribution >= 4 is 5.91 Å². The Balaban J connectivity index is 1.78. The van der Waals surface area contributed by atoms with E-state index >= 15 is 0 Å². The van der Waals surface area contributed by atoms with Crippen LogP contribution in [-0.2, 0) is 0 Å². The molecule has 1 heterocycles. The van der Waals surface area contributed by atoms with Crippen molar-refractivity contribution in [1.82, 2.24) is 20.5 Å². The summed E-state index contributed by atoms with van der Waals surface area (Å²) in [6, 6.07) is 0. The normalized spacial score (nSPS) is 24.7. The maximum absolute atomic E-state index is 11.5. The Kier molecular flexibility index (Phi) is 2.68. The number of carbonyl (C=O) groups is 1. The first-order valence-corrected chi connectivity index (χ1v) is 5.00. The third kappa shape index (κ3) is 2.33. The van der Waals surface area contributed by atoms with Crippen LogP contribution in [0.1, 0.15) is 29.3 Å². The summed E-state index contributed by atoms with van der Waals surface area (Å²) in [5.41, 5.74) is 0. The monoisotopic (exact) mass is 210 g/mol. The molecule has 0 saturated heterocycles. The Labute approximate surface area is 87.1 Å². The maximum Gasteiger partial charge on any atom is 0.290 e. The van der Waals surface area contributed by atoms with E-state index in [0.29, 0.717) is 18.3 Å². The van der Waals surface area contributed by atoms with Crippen LogP contribution in [0.25, 0.3) is 0 Å². The predicted octanol–water partition coefficient (Wildman–Crippen LogP) is -0.386. The molecular weight excluding hydrogens is 196 g/mol. The molecule has 2 rings (SSSR count). The molecule has 6 heteroatoms. The minimum absolute atomic E-state index is 0.173. The molecule has 0 spiro atoms. The second-order valence-electron chi connectivity index (χ2n) is 3.95. The van der Waals surface area contributed by atoms with E-state index in [1.54, 1.807) is 6.92 Å². The van der Waals surface area contributed by atoms with Gasteiger partial charge in [0.15, 0.2) is 0 Å². The Morgan fingerprint density at radius 2 is 2.40 bits per heavy atom. The average Bonchev–Trinajstić information content (AvgIpc) is 2.57. The van der Waals surface area contributed by atoms with Gasteiger partial charge in [0, 0.05) is 6.54 Å². The van der Waals surface area contributed by atoms with Crippen molar-refractivity contribution in [2.45, 2.75) is 25.9 Å². The molecule has 82 valence electrons. The second-order valence-corrected chi connectivity index (χ2v) is 3.95. The minimum Gasteiger partial charge on any atom is -0.393 e. The fraction of sp³-hybridized carbons (Fsp3) is 0.667. The number of aliphatic hydroxyl groups excluding tert-OH is 1. The number of carbonyl (C=O) groups excluding carboxylic acids is 1. The second kappa shape index (κ2) is 3.98. The number of hydrogen-bond donors (Lipinski definition) is 3. The predicted molar refractivity (Wildman–Crippen MR) is 52.2 cm³/mol. The highest BCUT2D eigenvalue weighted by Crippen LogP contribution is 2.26. The van der Waals surface area contributed by atoms with E-state index in [4.69, 9.17) is 5.11 Å². The molecule has 0 aliphatic heterocycles. The molecule has 3 N–H and O–H groups in total. The summed E-state index contributed by atoms with van der Waals surface area (Å²) in [4.78, 5) is 15.4. The molecule has 1 fully saturated rings. The van der Waals surface area contributed by atoms with E-state index in [2.05, 4.69) is 20.5 Å². The zero-order valence-electron chi connectivity index (χ0n) is 8.53. The van der Waals surface area contributed by atoms with Gasteiger partial charge in [-0.1, -0.05) is 0 Å². The van der Waals surface area contributed by atoms with Crippen molar-refractivity contribution in [3.8, 4) is 0 Å². The largest absolute Gasteiger partial charge is 0.393 e. The quantitative estimate of drug-likeness (QED) is 0.634. The highest BCUT2D eigenvalue weighted by atomic mass is 16.3. The van der Waals surface area contributed by atoms with Gasteiger partial charge in [0.2, 0.25) is 5.82 Å². The van der Waals surface area contributed by atoms with Crippen molar-refractivity contribution < 1.29 is 9.90 Å². The van der Waals surface area contributed by atoms with Gasteiger partial charge in [-0.2, -0.15) is 0 Å². The fourth-order valence-corrected chi connectivity index (χ4v) is 1.63. The summed E-state index contributed by atoms with van der Waals surface area (Å²) in [6.45, 7) is 2.33. The fourth-order valence-electron chi connectivity index (χ4n) is 1.63. The van der Waals surface area contributed by atoms with Crippen LogP contribution in [0.2, 0.25) is 0 Å². The van der Waals surface area contributed by atoms with E-state index in [1.807, 2.05) is 0 Å². The standard InChI is InChI=1S/C9H14N4O2/c1-5-11-8(13-12-5)9(15)10-4-6-2-7(14)3-6/h6-7,14H,2-4H2,1H3,(H,10,15)(H,11,12,13). The molecule has 1 aliphatic carbocycles. The summed E-state index contributed by atoms with van der Waals surface area (Å²) < 4.78 is 0. The molecular formula is C9H14N4O2. The van der Waals surface area contributed by atoms with Crippen molar-refractivity contribution in [3.05, 3.63) is 11.6 Å². The minimum atomic E-state index is -0.263. The highest BCUT2D eigenvalue weighted by Gasteiger charge is 2.27. The van der Waals surface area contributed by atoms with Crippen molar-refractivity contribution in [3.63, 3.8) is 0 Å². The number of nitrogens with one attached hydrogen (secondary N) is 2. The van der Waals surface area contributed by atoms with Gasteiger partial charge in [-0.05, 0) is 25.7 Å². The molecule has 1 amide bonds. The lowest BCUT2D eigenvalue weighted by Gasteiger charge is -2.31. The lowest BCUT2D eigenvalue weighted by Crippen LogP contribution is -2.38. The zero-order valence-corrected chi connectivity index (χ0v) is 8.53. The summed E-state index contributed by atoms with van der Waals surface area (Å²) >= 11 is 0. The van der Waals surface area contributed by atoms with Crippen LogP contribution >= 0.6 is 0 Å². The van der Waals surface area contributed by atoms with E-state index in [-0.39, 0.29) is 17.8 Å². The van der Waals surface area contributed by atoms with Gasteiger partial charge in [0.05, 0.1) is 6.10 Å². The maximum atomic E-state index is 11.5. The van der Waals surface area contributed by atoms with Gasteiger partial charge in [-0.3, -0.25) is 9.89 Å². The number of aromatic nitrogens is 3. The first kappa shape index (κ1) is 10.1. The molecule has 15 heavy (non-hydrogen) atoms. The smallest absolute Gasteiger partial charge is 0.290 e. The van der Waals surface area contributed by atoms with Gasteiger partial charge in [0.25, 0.3) is 5.91 Å². The average molecular weight is 210 g/mol. The molecule has 1 saturated carbocycles. The van der Waals surface area contributed by atoms with Gasteiger partial charge in [0.1, 0.15) is 5.82 Å². The molecule has 6 nitrogen and oxygen atoms in total. The number of amides is 1. The Morgan fingerprint density at radius 3 is 2.93 bits per heavy atom. The molecule has 0 radical (unpaired) electrons. The summed E-state index contributed by atoms with van der Waals surface area (Å²) in [6.07, 6.45) is 1.36. The van der Waals surface area contributed by atoms with Crippen molar-refractivity contribution in [1.29, 1.82) is 0 Å². The number of rotatable bonds is 3. The van der Waals surface area contributed by atoms with Crippen molar-refractivity contribution in [2.24, 2.45) is 5.92 Å². The molecule has 0 atom stereocenters. The van der Waals surface area contributed by atoms with Crippen LogP contribution < -0.4 is 5.32 Å². The summed E-state index contributed by atoms with van der Waals surface area (Å²) in [7, 11) is 0. The zero-order chi connectivity index (χ0) is 10.8. The number of hydrogen-bond acceptors (Lipinski definition) is 4. The van der Waals surface area contributed by atoms with E-state index in [1.165, 1.54) is 0 Å². The third-order valence-electron chi connectivity index (χ3n) is 2.56. The van der Waals surface area contributed by atoms with Crippen LogP contribution in [-0.4, -0.2) is 38.8 Å². The molecule has 0 bridgehead atoms. The third-order valence-corrected chi connectivity index (χ3v) is 2.56. The first-order valence-electron chi connectivity index (χ1n) is 5.00. The summed E-state index contributed by atoms with van der Waals surface area (Å²) in [5.74, 6) is 0.927. The Morgan fingerprint density at radius 1 is 1.67 bits per heavy atom. The lowest BCUT2D eigenvalue weighted by atomic mass is 9.82. The molecule has 1 aliphatic rings. The van der Waals surface area contributed by atoms with Crippen molar-refractivity contribution in [2.75, 3.05) is 6.54 Å². The van der Waals surface area contributed by atoms with Crippen LogP contribution in [0.5, 0.6) is 0 Å². The molecule has 0 aromatic carbocycles. The highest BCUT2D eigenvalue weighted by molar-refractivity contribution is 5.90. The van der Waals surface area contributed by atoms with E-state index in [9.17, 15) is 4.79 Å². The number of aryl methyl sites for hydroxylation is 1. The van der Waals surface area contributed by atoms with Gasteiger partial charge in [-0.25, -0.2) is 4.98 Å². The lowest BCUT2D eigenvalue weighted by molar-refractivity contribution is 0.0419.